The van der Waals surface area contributed by atoms with E-state index in [1.54, 1.807) is 0 Å². The summed E-state index contributed by atoms with van der Waals surface area (Å²) in [6, 6.07) is 8.76. The summed E-state index contributed by atoms with van der Waals surface area (Å²) in [5.41, 5.74) is 4.18. The van der Waals surface area contributed by atoms with Gasteiger partial charge in [-0.05, 0) is 44.2 Å². The summed E-state index contributed by atoms with van der Waals surface area (Å²) >= 11 is 0. The molecule has 0 bridgehead atoms. The number of aryl methyl sites for hydroxylation is 1. The molecule has 92 valence electrons. The lowest BCUT2D eigenvalue weighted by Gasteiger charge is -2.30. The maximum atomic E-state index is 2.56. The first-order valence-electron chi connectivity index (χ1n) is 6.82. The highest BCUT2D eigenvalue weighted by molar-refractivity contribution is 5.53. The summed E-state index contributed by atoms with van der Waals surface area (Å²) in [6.07, 6.45) is 7.60. The molecular formula is C16H23N. The summed E-state index contributed by atoms with van der Waals surface area (Å²) in [5.74, 6) is 0. The van der Waals surface area contributed by atoms with Crippen LogP contribution in [0.2, 0.25) is 0 Å². The molecule has 1 aromatic carbocycles. The molecule has 2 rings (SSSR count). The van der Waals surface area contributed by atoms with Crippen LogP contribution < -0.4 is 0 Å². The van der Waals surface area contributed by atoms with Gasteiger partial charge < -0.3 is 4.90 Å². The lowest BCUT2D eigenvalue weighted by atomic mass is 10.1. The second-order valence-corrected chi connectivity index (χ2v) is 4.95. The highest BCUT2D eigenvalue weighted by Crippen LogP contribution is 2.20. The zero-order valence-electron chi connectivity index (χ0n) is 11.1. The molecule has 0 N–H and O–H groups in total. The summed E-state index contributed by atoms with van der Waals surface area (Å²) in [4.78, 5) is 2.56. The van der Waals surface area contributed by atoms with Crippen LogP contribution in [0.5, 0.6) is 0 Å². The zero-order valence-corrected chi connectivity index (χ0v) is 11.1. The first kappa shape index (κ1) is 12.2. The molecule has 1 nitrogen and oxygen atoms in total. The number of nitrogens with zero attached hydrogens (tertiary/aromatic N) is 1. The number of hydrogen-bond donors (Lipinski definition) is 0. The molecule has 1 heterocycles. The van der Waals surface area contributed by atoms with Gasteiger partial charge in [0, 0.05) is 18.8 Å². The first-order chi connectivity index (χ1) is 8.29. The Bertz CT molecular complexity index is 386. The van der Waals surface area contributed by atoms with Gasteiger partial charge in [-0.25, -0.2) is 0 Å². The van der Waals surface area contributed by atoms with Crippen molar-refractivity contribution < 1.29 is 0 Å². The van der Waals surface area contributed by atoms with E-state index in [1.165, 1.54) is 49.2 Å². The van der Waals surface area contributed by atoms with Gasteiger partial charge in [-0.2, -0.15) is 0 Å². The molecule has 0 aromatic heterocycles. The third-order valence-electron chi connectivity index (χ3n) is 3.50. The highest BCUT2D eigenvalue weighted by Gasteiger charge is 2.11. The van der Waals surface area contributed by atoms with Crippen molar-refractivity contribution >= 4 is 6.08 Å². The van der Waals surface area contributed by atoms with Crippen LogP contribution >= 0.6 is 0 Å². The Morgan fingerprint density at radius 2 is 2.00 bits per heavy atom. The molecule has 1 aromatic rings. The van der Waals surface area contributed by atoms with Crippen molar-refractivity contribution in [2.45, 2.75) is 39.5 Å². The van der Waals surface area contributed by atoms with E-state index < -0.39 is 0 Å². The molecule has 1 aliphatic heterocycles. The molecule has 0 unspecified atom stereocenters. The summed E-state index contributed by atoms with van der Waals surface area (Å²) < 4.78 is 0. The zero-order chi connectivity index (χ0) is 12.1. The smallest absolute Gasteiger partial charge is 0.0175 e. The molecule has 1 aliphatic rings. The third kappa shape index (κ3) is 3.36. The monoisotopic (exact) mass is 229 g/mol. The van der Waals surface area contributed by atoms with E-state index in [0.717, 1.165) is 6.42 Å². The SMILES string of the molecule is CCC(=Cc1cccc(C)c1)N1CCCCC1. The van der Waals surface area contributed by atoms with Gasteiger partial charge in [0.05, 0.1) is 0 Å². The van der Waals surface area contributed by atoms with Gasteiger partial charge in [0.2, 0.25) is 0 Å². The number of allylic oxidation sites excluding steroid dienone is 1. The van der Waals surface area contributed by atoms with E-state index in [1.807, 2.05) is 0 Å². The first-order valence-corrected chi connectivity index (χ1v) is 6.82. The normalized spacial score (nSPS) is 17.3. The van der Waals surface area contributed by atoms with Gasteiger partial charge >= 0.3 is 0 Å². The maximum Gasteiger partial charge on any atom is 0.0175 e. The predicted molar refractivity (Wildman–Crippen MR) is 74.9 cm³/mol. The Morgan fingerprint density at radius 3 is 2.65 bits per heavy atom. The minimum atomic E-state index is 1.13. The molecule has 1 saturated heterocycles. The standard InChI is InChI=1S/C16H23N/c1-3-16(17-10-5-4-6-11-17)13-15-9-7-8-14(2)12-15/h7-9,12-13H,3-6,10-11H2,1-2H3. The average molecular weight is 229 g/mol. The van der Waals surface area contributed by atoms with Crippen molar-refractivity contribution in [2.24, 2.45) is 0 Å². The van der Waals surface area contributed by atoms with Crippen LogP contribution in [0, 0.1) is 6.92 Å². The topological polar surface area (TPSA) is 3.24 Å². The molecule has 0 atom stereocenters. The van der Waals surface area contributed by atoms with Gasteiger partial charge in [0.15, 0.2) is 0 Å². The van der Waals surface area contributed by atoms with E-state index in [4.69, 9.17) is 0 Å². The summed E-state index contributed by atoms with van der Waals surface area (Å²) in [7, 11) is 0. The van der Waals surface area contributed by atoms with Crippen LogP contribution in [-0.4, -0.2) is 18.0 Å². The molecule has 0 saturated carbocycles. The average Bonchev–Trinajstić information content (AvgIpc) is 2.37. The van der Waals surface area contributed by atoms with Gasteiger partial charge in [-0.1, -0.05) is 36.8 Å². The Kier molecular flexibility index (Phi) is 4.24. The number of rotatable bonds is 3. The fraction of sp³-hybridized carbons (Fsp3) is 0.500. The van der Waals surface area contributed by atoms with Crippen molar-refractivity contribution in [1.82, 2.24) is 4.90 Å². The van der Waals surface area contributed by atoms with Crippen LogP contribution in [0.25, 0.3) is 6.08 Å². The Hall–Kier alpha value is -1.24. The fourth-order valence-electron chi connectivity index (χ4n) is 2.55. The Labute approximate surface area is 105 Å². The van der Waals surface area contributed by atoms with E-state index in [-0.39, 0.29) is 0 Å². The number of benzene rings is 1. The Morgan fingerprint density at radius 1 is 1.24 bits per heavy atom. The number of likely N-dealkylation sites (tertiary alicyclic amines) is 1. The number of hydrogen-bond acceptors (Lipinski definition) is 1. The van der Waals surface area contributed by atoms with Gasteiger partial charge in [0.25, 0.3) is 0 Å². The molecule has 17 heavy (non-hydrogen) atoms. The van der Waals surface area contributed by atoms with Crippen LogP contribution in [0.15, 0.2) is 30.0 Å². The lowest BCUT2D eigenvalue weighted by Crippen LogP contribution is -2.28. The summed E-state index contributed by atoms with van der Waals surface area (Å²) in [6.45, 7) is 6.90. The molecule has 0 spiro atoms. The van der Waals surface area contributed by atoms with Crippen molar-refractivity contribution in [3.8, 4) is 0 Å². The second kappa shape index (κ2) is 5.90. The van der Waals surface area contributed by atoms with Gasteiger partial charge in [-0.15, -0.1) is 0 Å². The summed E-state index contributed by atoms with van der Waals surface area (Å²) in [5, 5.41) is 0. The van der Waals surface area contributed by atoms with Crippen molar-refractivity contribution in [1.29, 1.82) is 0 Å². The Balaban J connectivity index is 2.16. The van der Waals surface area contributed by atoms with E-state index in [2.05, 4.69) is 49.1 Å². The minimum Gasteiger partial charge on any atom is -0.375 e. The molecule has 0 radical (unpaired) electrons. The second-order valence-electron chi connectivity index (χ2n) is 4.95. The lowest BCUT2D eigenvalue weighted by molar-refractivity contribution is 0.281. The van der Waals surface area contributed by atoms with Crippen LogP contribution in [0.1, 0.15) is 43.7 Å². The van der Waals surface area contributed by atoms with Crippen LogP contribution in [0.3, 0.4) is 0 Å². The largest absolute Gasteiger partial charge is 0.375 e. The minimum absolute atomic E-state index is 1.13. The van der Waals surface area contributed by atoms with Crippen molar-refractivity contribution in [3.63, 3.8) is 0 Å². The molecule has 0 amide bonds. The quantitative estimate of drug-likeness (QED) is 0.749. The third-order valence-corrected chi connectivity index (χ3v) is 3.50. The maximum absolute atomic E-state index is 2.56. The molecule has 1 fully saturated rings. The molecule has 1 heteroatoms. The van der Waals surface area contributed by atoms with Crippen molar-refractivity contribution in [2.75, 3.05) is 13.1 Å². The van der Waals surface area contributed by atoms with Crippen LogP contribution in [-0.2, 0) is 0 Å². The van der Waals surface area contributed by atoms with E-state index in [9.17, 15) is 0 Å². The van der Waals surface area contributed by atoms with Crippen molar-refractivity contribution in [3.05, 3.63) is 41.1 Å². The van der Waals surface area contributed by atoms with Gasteiger partial charge in [-0.3, -0.25) is 0 Å². The van der Waals surface area contributed by atoms with Gasteiger partial charge in [0.1, 0.15) is 0 Å². The van der Waals surface area contributed by atoms with Crippen LogP contribution in [0.4, 0.5) is 0 Å². The highest BCUT2D eigenvalue weighted by atomic mass is 15.1. The molecular weight excluding hydrogens is 206 g/mol. The van der Waals surface area contributed by atoms with E-state index in [0.29, 0.717) is 0 Å². The predicted octanol–water partition coefficient (Wildman–Crippen LogP) is 4.23. The number of piperidine rings is 1. The fourth-order valence-corrected chi connectivity index (χ4v) is 2.55. The molecule has 0 aliphatic carbocycles. The van der Waals surface area contributed by atoms with E-state index >= 15 is 0 Å².